The average molecular weight is 516 g/mol. The van der Waals surface area contributed by atoms with Gasteiger partial charge in [-0.3, -0.25) is 14.9 Å². The van der Waals surface area contributed by atoms with Gasteiger partial charge in [0.1, 0.15) is 17.0 Å². The number of piperidine rings is 1. The van der Waals surface area contributed by atoms with E-state index in [1.54, 1.807) is 6.92 Å². The molecule has 198 valence electrons. The number of nitro benzene ring substituents is 1. The smallest absolute Gasteiger partial charge is 0.296 e. The minimum Gasteiger partial charge on any atom is -0.440 e. The van der Waals surface area contributed by atoms with Gasteiger partial charge in [-0.05, 0) is 75.6 Å². The van der Waals surface area contributed by atoms with Crippen LogP contribution in [-0.2, 0) is 9.22 Å². The van der Waals surface area contributed by atoms with Gasteiger partial charge in [-0.15, -0.1) is 0 Å². The van der Waals surface area contributed by atoms with Crippen molar-refractivity contribution in [2.45, 2.75) is 90.3 Å². The first-order chi connectivity index (χ1) is 16.9. The van der Waals surface area contributed by atoms with Crippen LogP contribution in [0, 0.1) is 22.0 Å². The standard InChI is InChI=1S/C27H41N3O5Si/c1-18(31)20-7-9-21(10-8-20)26-28-22-15-23(24(30(32)33)16-25(22)35-26)29-13-11-19(12-14-29)17-34-36(5,6)27(2,3)4/h15-16,19-21H,7-14,17H2,1-6H3/t20-,21-. The lowest BCUT2D eigenvalue weighted by Gasteiger charge is -2.39. The molecule has 0 unspecified atom stereocenters. The summed E-state index contributed by atoms with van der Waals surface area (Å²) in [5.41, 5.74) is 1.83. The van der Waals surface area contributed by atoms with Crippen LogP contribution in [0.4, 0.5) is 11.4 Å². The van der Waals surface area contributed by atoms with Crippen LogP contribution in [-0.4, -0.2) is 43.7 Å². The Morgan fingerprint density at radius 2 is 1.81 bits per heavy atom. The van der Waals surface area contributed by atoms with Gasteiger partial charge >= 0.3 is 0 Å². The third kappa shape index (κ3) is 5.67. The Labute approximate surface area is 215 Å². The maximum Gasteiger partial charge on any atom is 0.296 e. The molecule has 0 amide bonds. The van der Waals surface area contributed by atoms with Gasteiger partial charge in [0.15, 0.2) is 19.8 Å². The molecule has 2 fully saturated rings. The third-order valence-corrected chi connectivity index (χ3v) is 13.3. The summed E-state index contributed by atoms with van der Waals surface area (Å²) < 4.78 is 12.5. The first-order valence-electron chi connectivity index (χ1n) is 13.3. The maximum atomic E-state index is 12.0. The summed E-state index contributed by atoms with van der Waals surface area (Å²) in [4.78, 5) is 30.2. The van der Waals surface area contributed by atoms with Crippen molar-refractivity contribution in [3.63, 3.8) is 0 Å². The molecule has 8 nitrogen and oxygen atoms in total. The van der Waals surface area contributed by atoms with E-state index < -0.39 is 8.32 Å². The number of carbonyl (C=O) groups is 1. The lowest BCUT2D eigenvalue weighted by Crippen LogP contribution is -2.43. The Hall–Kier alpha value is -2.26. The number of ketones is 1. The number of nitro groups is 1. The minimum atomic E-state index is -1.78. The van der Waals surface area contributed by atoms with E-state index in [2.05, 4.69) is 38.8 Å². The Bertz CT molecular complexity index is 1110. The molecule has 0 N–H and O–H groups in total. The molecule has 2 aromatic rings. The number of carbonyl (C=O) groups excluding carboxylic acids is 1. The summed E-state index contributed by atoms with van der Waals surface area (Å²) in [6, 6.07) is 3.36. The van der Waals surface area contributed by atoms with Crippen LogP contribution in [0.5, 0.6) is 0 Å². The number of oxazole rings is 1. The molecule has 1 aliphatic heterocycles. The normalized spacial score (nSPS) is 22.2. The van der Waals surface area contributed by atoms with Gasteiger partial charge in [0.25, 0.3) is 5.69 Å². The van der Waals surface area contributed by atoms with Crippen molar-refractivity contribution in [1.82, 2.24) is 4.98 Å². The fraction of sp³-hybridized carbons (Fsp3) is 0.704. The van der Waals surface area contributed by atoms with E-state index in [4.69, 9.17) is 13.8 Å². The molecule has 0 bridgehead atoms. The fourth-order valence-corrected chi connectivity index (χ4v) is 6.26. The average Bonchev–Trinajstić information content (AvgIpc) is 3.25. The summed E-state index contributed by atoms with van der Waals surface area (Å²) in [6.45, 7) is 15.3. The molecule has 1 aromatic heterocycles. The molecule has 36 heavy (non-hydrogen) atoms. The van der Waals surface area contributed by atoms with E-state index in [9.17, 15) is 14.9 Å². The van der Waals surface area contributed by atoms with Crippen molar-refractivity contribution >= 4 is 36.6 Å². The second-order valence-corrected chi connectivity index (χ2v) is 17.1. The molecule has 2 aliphatic rings. The van der Waals surface area contributed by atoms with Gasteiger partial charge in [0, 0.05) is 31.5 Å². The molecule has 1 saturated heterocycles. The van der Waals surface area contributed by atoms with Gasteiger partial charge in [0.05, 0.1) is 11.0 Å². The molecule has 1 aromatic carbocycles. The number of anilines is 1. The van der Waals surface area contributed by atoms with Gasteiger partial charge in [-0.2, -0.15) is 0 Å². The first kappa shape index (κ1) is 26.8. The zero-order valence-electron chi connectivity index (χ0n) is 22.6. The van der Waals surface area contributed by atoms with Gasteiger partial charge in [-0.25, -0.2) is 4.98 Å². The van der Waals surface area contributed by atoms with Crippen LogP contribution >= 0.6 is 0 Å². The highest BCUT2D eigenvalue weighted by atomic mass is 28.4. The zero-order valence-corrected chi connectivity index (χ0v) is 23.6. The Morgan fingerprint density at radius 1 is 1.17 bits per heavy atom. The lowest BCUT2D eigenvalue weighted by molar-refractivity contribution is -0.384. The number of aromatic nitrogens is 1. The second-order valence-electron chi connectivity index (χ2n) is 12.3. The number of hydrogen-bond acceptors (Lipinski definition) is 7. The highest BCUT2D eigenvalue weighted by Gasteiger charge is 2.38. The van der Waals surface area contributed by atoms with Crippen molar-refractivity contribution < 1.29 is 18.6 Å². The molecule has 2 heterocycles. The van der Waals surface area contributed by atoms with E-state index in [1.807, 2.05) is 6.07 Å². The summed E-state index contributed by atoms with van der Waals surface area (Å²) in [5.74, 6) is 1.66. The SMILES string of the molecule is CC(=O)[C@H]1CC[C@H](c2nc3cc(N4CCC(CO[Si](C)(C)C(C)(C)C)CC4)c([N+](=O)[O-])cc3o2)CC1. The number of hydrogen-bond donors (Lipinski definition) is 0. The molecule has 0 spiro atoms. The number of benzene rings is 1. The quantitative estimate of drug-likeness (QED) is 0.226. The highest BCUT2D eigenvalue weighted by Crippen LogP contribution is 2.41. The van der Waals surface area contributed by atoms with Gasteiger partial charge in [-0.1, -0.05) is 20.8 Å². The number of fused-ring (bicyclic) bond motifs is 1. The van der Waals surface area contributed by atoms with E-state index in [1.165, 1.54) is 6.07 Å². The van der Waals surface area contributed by atoms with Crippen molar-refractivity contribution in [1.29, 1.82) is 0 Å². The molecule has 1 saturated carbocycles. The van der Waals surface area contributed by atoms with Gasteiger partial charge < -0.3 is 13.7 Å². The maximum absolute atomic E-state index is 12.0. The number of Topliss-reactive ketones (excluding diaryl/α,β-unsaturated/α-hetero) is 1. The van der Waals surface area contributed by atoms with Gasteiger partial charge in [0.2, 0.25) is 0 Å². The molecular weight excluding hydrogens is 474 g/mol. The first-order valence-corrected chi connectivity index (χ1v) is 16.2. The summed E-state index contributed by atoms with van der Waals surface area (Å²) in [5, 5.41) is 12.1. The summed E-state index contributed by atoms with van der Waals surface area (Å²) in [7, 11) is -1.78. The monoisotopic (exact) mass is 515 g/mol. The topological polar surface area (TPSA) is 98.7 Å². The molecular formula is C27H41N3O5Si. The van der Waals surface area contributed by atoms with Crippen molar-refractivity contribution in [3.8, 4) is 0 Å². The minimum absolute atomic E-state index is 0.0708. The van der Waals surface area contributed by atoms with Crippen LogP contribution < -0.4 is 4.90 Å². The summed E-state index contributed by atoms with van der Waals surface area (Å²) >= 11 is 0. The molecule has 0 radical (unpaired) electrons. The van der Waals surface area contributed by atoms with Crippen LogP contribution in [0.15, 0.2) is 16.5 Å². The molecule has 0 atom stereocenters. The fourth-order valence-electron chi connectivity index (χ4n) is 5.17. The second kappa shape index (κ2) is 10.2. The largest absolute Gasteiger partial charge is 0.440 e. The van der Waals surface area contributed by atoms with E-state index in [-0.39, 0.29) is 33.3 Å². The summed E-state index contributed by atoms with van der Waals surface area (Å²) in [6.07, 6.45) is 5.31. The van der Waals surface area contributed by atoms with Crippen LogP contribution in [0.1, 0.15) is 78.0 Å². The van der Waals surface area contributed by atoms with E-state index in [0.717, 1.165) is 58.2 Å². The number of rotatable bonds is 7. The van der Waals surface area contributed by atoms with Crippen LogP contribution in [0.3, 0.4) is 0 Å². The molecule has 9 heteroatoms. The molecule has 1 aliphatic carbocycles. The zero-order chi connectivity index (χ0) is 26.3. The van der Waals surface area contributed by atoms with Crippen LogP contribution in [0.25, 0.3) is 11.1 Å². The van der Waals surface area contributed by atoms with E-state index >= 15 is 0 Å². The Balaban J connectivity index is 1.46. The predicted octanol–water partition coefficient (Wildman–Crippen LogP) is 6.84. The van der Waals surface area contributed by atoms with Crippen molar-refractivity contribution in [2.24, 2.45) is 11.8 Å². The van der Waals surface area contributed by atoms with Crippen molar-refractivity contribution in [3.05, 3.63) is 28.1 Å². The Morgan fingerprint density at radius 3 is 2.36 bits per heavy atom. The lowest BCUT2D eigenvalue weighted by atomic mass is 9.80. The molecule has 4 rings (SSSR count). The Kier molecular flexibility index (Phi) is 7.62. The van der Waals surface area contributed by atoms with E-state index in [0.29, 0.717) is 28.6 Å². The highest BCUT2D eigenvalue weighted by molar-refractivity contribution is 6.74. The third-order valence-electron chi connectivity index (χ3n) is 8.79. The predicted molar refractivity (Wildman–Crippen MR) is 144 cm³/mol. The van der Waals surface area contributed by atoms with Crippen molar-refractivity contribution in [2.75, 3.05) is 24.6 Å². The van der Waals surface area contributed by atoms with Crippen LogP contribution in [0.2, 0.25) is 18.1 Å². The number of nitrogens with zero attached hydrogens (tertiary/aromatic N) is 3.